The molecule has 0 saturated carbocycles. The van der Waals surface area contributed by atoms with Gasteiger partial charge in [0, 0.05) is 37.7 Å². The van der Waals surface area contributed by atoms with Crippen molar-refractivity contribution in [2.45, 2.75) is 0 Å². The summed E-state index contributed by atoms with van der Waals surface area (Å²) in [6, 6.07) is 78.8. The van der Waals surface area contributed by atoms with Gasteiger partial charge >= 0.3 is 0 Å². The van der Waals surface area contributed by atoms with E-state index < -0.39 is 72.5 Å². The molecule has 25 aromatic rings. The Morgan fingerprint density at radius 2 is 0.513 bits per heavy atom. The SMILES string of the molecule is [2H]c1c([2H])c([2H])c2c(-c3ccc4oc5c6ccccc6ccc5c4c3)c3c([2H])c([2H])c([2H])c([2H])c3c(-c3ccccc3)c2c1[2H].[2H]c1c([2H])c([2H])c2c(-c3ccc4oc5ccc6ccccc6c5c4c3)c3c([2H])c([2H])c([2H])c([2H])c3c(-c3ccccc3)c2c1[2H].[2H]c1c([2H])c([2H])c2c(-c3cccc4oc5cc6ccccc6cc5c34)c3c([2H])c([2H])c([2H])c([2H])c3c(-c3cccc(-c4ccccc4)c3)c2c1[2H]. The molecule has 3 heteroatoms. The molecular weight excluding hydrogens is 1420 g/mol. The molecule has 0 amide bonds. The Morgan fingerprint density at radius 1 is 0.162 bits per heavy atom. The van der Waals surface area contributed by atoms with Crippen LogP contribution in [0.3, 0.4) is 0 Å². The molecule has 3 nitrogen and oxygen atoms in total. The molecule has 0 radical (unpaired) electrons. The van der Waals surface area contributed by atoms with E-state index in [0.29, 0.717) is 100 Å². The highest BCUT2D eigenvalue weighted by molar-refractivity contribution is 6.29. The third-order valence-electron chi connectivity index (χ3n) is 22.4. The van der Waals surface area contributed by atoms with Crippen LogP contribution >= 0.6 is 0 Å². The predicted molar refractivity (Wildman–Crippen MR) is 497 cm³/mol. The zero-order valence-electron chi connectivity index (χ0n) is 85.8. The maximum Gasteiger partial charge on any atom is 0.143 e. The molecule has 3 heterocycles. The molecule has 0 unspecified atom stereocenters. The lowest BCUT2D eigenvalue weighted by Gasteiger charge is -2.18. The smallest absolute Gasteiger partial charge is 0.143 e. The Labute approximate surface area is 707 Å². The van der Waals surface area contributed by atoms with Gasteiger partial charge in [-0.1, -0.05) is 363 Å². The molecule has 117 heavy (non-hydrogen) atoms. The molecule has 25 rings (SSSR count). The lowest BCUT2D eigenvalue weighted by molar-refractivity contribution is 0.669. The minimum atomic E-state index is -0.437. The Bertz CT molecular complexity index is 9620. The Kier molecular flexibility index (Phi) is 11.2. The summed E-state index contributed by atoms with van der Waals surface area (Å²) >= 11 is 0. The van der Waals surface area contributed by atoms with Crippen molar-refractivity contribution >= 4 is 163 Å². The summed E-state index contributed by atoms with van der Waals surface area (Å²) in [5.41, 5.74) is 10.9. The fourth-order valence-corrected chi connectivity index (χ4v) is 17.4. The Balaban J connectivity index is 0.000000118. The monoisotopic (exact) mass is 1510 g/mol. The van der Waals surface area contributed by atoms with Crippen LogP contribution in [0.25, 0.3) is 241 Å². The lowest BCUT2D eigenvalue weighted by Crippen LogP contribution is -1.91. The zero-order valence-corrected chi connectivity index (χ0v) is 61.8. The van der Waals surface area contributed by atoms with Crippen LogP contribution in [0.4, 0.5) is 0 Å². The van der Waals surface area contributed by atoms with E-state index in [4.69, 9.17) is 40.7 Å². The van der Waals surface area contributed by atoms with Crippen LogP contribution < -0.4 is 0 Å². The summed E-state index contributed by atoms with van der Waals surface area (Å²) in [6.45, 7) is 0. The summed E-state index contributed by atoms with van der Waals surface area (Å²) < 4.78 is 233. The van der Waals surface area contributed by atoms with Gasteiger partial charge in [0.25, 0.3) is 0 Å². The molecule has 0 bridgehead atoms. The summed E-state index contributed by atoms with van der Waals surface area (Å²) in [5.74, 6) is 0. The van der Waals surface area contributed by atoms with Crippen molar-refractivity contribution in [3.05, 3.63) is 424 Å². The maximum absolute atomic E-state index is 9.38. The third-order valence-corrected chi connectivity index (χ3v) is 22.4. The van der Waals surface area contributed by atoms with E-state index in [0.717, 1.165) is 76.0 Å². The van der Waals surface area contributed by atoms with Crippen molar-refractivity contribution in [3.63, 3.8) is 0 Å². The fourth-order valence-electron chi connectivity index (χ4n) is 17.4. The van der Waals surface area contributed by atoms with Crippen molar-refractivity contribution < 1.29 is 46.1 Å². The van der Waals surface area contributed by atoms with Gasteiger partial charge in [0.15, 0.2) is 0 Å². The van der Waals surface area contributed by atoms with Crippen LogP contribution in [-0.2, 0) is 0 Å². The first-order chi connectivity index (χ1) is 68.0. The van der Waals surface area contributed by atoms with Gasteiger partial charge in [-0.25, -0.2) is 0 Å². The van der Waals surface area contributed by atoms with E-state index in [9.17, 15) is 5.48 Å². The second-order valence-electron chi connectivity index (χ2n) is 28.9. The normalized spacial score (nSPS) is 14.6. The average Bonchev–Trinajstić information content (AvgIpc) is 1.50. The highest BCUT2D eigenvalue weighted by Gasteiger charge is 2.25. The molecule has 0 atom stereocenters. The molecule has 544 valence electrons. The van der Waals surface area contributed by atoms with Crippen LogP contribution in [0.5, 0.6) is 0 Å². The highest BCUT2D eigenvalue weighted by Crippen LogP contribution is 2.51. The minimum Gasteiger partial charge on any atom is -0.456 e. The molecule has 0 aliphatic carbocycles. The quantitative estimate of drug-likeness (QED) is 0.149. The van der Waals surface area contributed by atoms with Gasteiger partial charge in [0.2, 0.25) is 0 Å². The largest absolute Gasteiger partial charge is 0.456 e. The van der Waals surface area contributed by atoms with E-state index in [2.05, 4.69) is 0 Å². The van der Waals surface area contributed by atoms with E-state index in [1.165, 1.54) is 0 Å². The van der Waals surface area contributed by atoms with E-state index >= 15 is 0 Å². The average molecular weight is 1510 g/mol. The first kappa shape index (κ1) is 47.2. The second kappa shape index (κ2) is 27.8. The first-order valence-corrected chi connectivity index (χ1v) is 38.2. The van der Waals surface area contributed by atoms with Gasteiger partial charge in [-0.3, -0.25) is 0 Å². The first-order valence-electron chi connectivity index (χ1n) is 50.2. The van der Waals surface area contributed by atoms with Gasteiger partial charge in [-0.15, -0.1) is 0 Å². The van der Waals surface area contributed by atoms with E-state index in [-0.39, 0.29) is 137 Å². The van der Waals surface area contributed by atoms with Gasteiger partial charge in [0.1, 0.15) is 33.5 Å². The molecule has 0 aliphatic rings. The van der Waals surface area contributed by atoms with Crippen LogP contribution in [0.2, 0.25) is 0 Å². The number of fused-ring (bicyclic) bond motifs is 20. The van der Waals surface area contributed by atoms with E-state index in [1.807, 2.05) is 200 Å². The molecule has 3 aromatic heterocycles. The summed E-state index contributed by atoms with van der Waals surface area (Å²) in [5, 5.41) is 13.0. The van der Waals surface area contributed by atoms with Gasteiger partial charge < -0.3 is 13.3 Å². The standard InChI is InChI=1S/C42H26O.2C36H22O/c1-2-12-27(13-3-1)28-16-10-17-31(24-28)40-32-18-6-8-20-34(32)41(35-21-9-7-19-33(35)40)36-22-11-23-38-42(36)37-25-29-14-4-5-15-30(29)26-39(37)43-38;1-2-11-24(12-3-1)34-27-14-6-8-16-29(27)35(30-17-9-7-15-28(30)34)25-19-20-32-31(22-25)36-26-13-5-4-10-23(26)18-21-33(36)37-32;1-2-11-24(12-3-1)34-27-14-6-8-16-29(27)35(30-17-9-7-15-28(30)34)25-19-21-33-32(22-25)31-20-18-23-10-4-5-13-26(23)36(31)37-33/h1-26H;2*1-22H/i6D,7D,8D,9D,18D,19D,20D,21D;2*6D,7D,8D,9D,14D,15D,16D,17D. The Morgan fingerprint density at radius 3 is 1.03 bits per heavy atom. The lowest BCUT2D eigenvalue weighted by atomic mass is 9.84. The number of benzene rings is 22. The predicted octanol–water partition coefficient (Wildman–Crippen LogP) is 32.8. The summed E-state index contributed by atoms with van der Waals surface area (Å²) in [7, 11) is 0. The number of rotatable bonds is 7. The fraction of sp³-hybridized carbons (Fsp3) is 0. The van der Waals surface area contributed by atoms with E-state index in [1.54, 1.807) is 78.9 Å². The summed E-state index contributed by atoms with van der Waals surface area (Å²) in [4.78, 5) is 0. The maximum atomic E-state index is 9.38. The minimum absolute atomic E-state index is 0.168. The number of hydrogen-bond acceptors (Lipinski definition) is 3. The molecule has 0 aliphatic heterocycles. The van der Waals surface area contributed by atoms with Crippen molar-refractivity contribution in [1.82, 2.24) is 0 Å². The van der Waals surface area contributed by atoms with Gasteiger partial charge in [0.05, 0.1) is 32.9 Å². The van der Waals surface area contributed by atoms with Crippen molar-refractivity contribution in [2.75, 3.05) is 0 Å². The summed E-state index contributed by atoms with van der Waals surface area (Å²) in [6.07, 6.45) is 0. The second-order valence-corrected chi connectivity index (χ2v) is 28.9. The van der Waals surface area contributed by atoms with Crippen molar-refractivity contribution in [2.24, 2.45) is 0 Å². The van der Waals surface area contributed by atoms with Gasteiger partial charge in [-0.05, 0) is 230 Å². The molecule has 0 fully saturated rings. The van der Waals surface area contributed by atoms with Crippen LogP contribution in [0, 0.1) is 0 Å². The third kappa shape index (κ3) is 11.2. The molecule has 0 spiro atoms. The molecule has 0 N–H and O–H groups in total. The van der Waals surface area contributed by atoms with Crippen LogP contribution in [-0.4, -0.2) is 0 Å². The van der Waals surface area contributed by atoms with Crippen LogP contribution in [0.1, 0.15) is 32.9 Å². The number of furan rings is 3. The van der Waals surface area contributed by atoms with Gasteiger partial charge in [-0.2, -0.15) is 0 Å². The molecule has 22 aromatic carbocycles. The van der Waals surface area contributed by atoms with Crippen molar-refractivity contribution in [3.8, 4) is 77.9 Å². The highest BCUT2D eigenvalue weighted by atomic mass is 16.3. The Hall–Kier alpha value is -15.4. The number of hydrogen-bond donors (Lipinski definition) is 0. The van der Waals surface area contributed by atoms with Crippen molar-refractivity contribution in [1.29, 1.82) is 0 Å². The van der Waals surface area contributed by atoms with Crippen LogP contribution in [0.15, 0.2) is 437 Å². The molecular formula is C114H70O3. The molecule has 0 saturated heterocycles. The zero-order chi connectivity index (χ0) is 97.9. The topological polar surface area (TPSA) is 39.4 Å².